The fourth-order valence-corrected chi connectivity index (χ4v) is 6.70. The third-order valence-electron chi connectivity index (χ3n) is 10.0. The Morgan fingerprint density at radius 2 is 1.10 bits per heavy atom. The number of aromatic amines is 2. The summed E-state index contributed by atoms with van der Waals surface area (Å²) in [6, 6.07) is 26.2. The number of rotatable bonds is 16. The summed E-state index contributed by atoms with van der Waals surface area (Å²) in [7, 11) is 6.33. The van der Waals surface area contributed by atoms with Crippen LogP contribution in [0, 0.1) is 0 Å². The molecule has 1 unspecified atom stereocenters. The predicted molar refractivity (Wildman–Crippen MR) is 229 cm³/mol. The molecule has 12 nitrogen and oxygen atoms in total. The van der Waals surface area contributed by atoms with Gasteiger partial charge in [0.05, 0.1) is 63.8 Å². The Balaban J connectivity index is 0.000000400. The van der Waals surface area contributed by atoms with Gasteiger partial charge in [0.2, 0.25) is 0 Å². The zero-order chi connectivity index (χ0) is 41.9. The molecule has 0 aliphatic carbocycles. The van der Waals surface area contributed by atoms with Gasteiger partial charge in [-0.2, -0.15) is 10.2 Å². The van der Waals surface area contributed by atoms with Crippen molar-refractivity contribution in [2.75, 3.05) is 28.4 Å². The van der Waals surface area contributed by atoms with Crippen molar-refractivity contribution in [3.63, 3.8) is 0 Å². The van der Waals surface area contributed by atoms with Gasteiger partial charge in [-0.05, 0) is 89.5 Å². The van der Waals surface area contributed by atoms with E-state index in [9.17, 15) is 19.5 Å². The van der Waals surface area contributed by atoms with Gasteiger partial charge in [0.25, 0.3) is 0 Å². The Morgan fingerprint density at radius 3 is 1.53 bits per heavy atom. The third-order valence-corrected chi connectivity index (χ3v) is 10.0. The normalized spacial score (nSPS) is 11.9. The number of aromatic nitrogens is 4. The van der Waals surface area contributed by atoms with E-state index in [1.807, 2.05) is 74.5 Å². The van der Waals surface area contributed by atoms with Crippen LogP contribution in [0.2, 0.25) is 0 Å². The Hall–Kier alpha value is -5.47. The van der Waals surface area contributed by atoms with Crippen LogP contribution in [0.15, 0.2) is 97.3 Å². The van der Waals surface area contributed by atoms with E-state index in [1.54, 1.807) is 64.9 Å². The molecule has 14 heteroatoms. The Bertz CT molecular complexity index is 2380. The van der Waals surface area contributed by atoms with Gasteiger partial charge in [-0.3, -0.25) is 24.6 Å². The van der Waals surface area contributed by atoms with E-state index in [-0.39, 0.29) is 68.6 Å². The molecule has 3 radical (unpaired) electrons. The van der Waals surface area contributed by atoms with Crippen LogP contribution in [0.5, 0.6) is 23.0 Å². The Kier molecular flexibility index (Phi) is 18.6. The molecule has 2 aromatic heterocycles. The number of H-pyrrole nitrogens is 2. The molecule has 0 aliphatic heterocycles. The van der Waals surface area contributed by atoms with Gasteiger partial charge in [0, 0.05) is 39.3 Å². The van der Waals surface area contributed by atoms with E-state index in [4.69, 9.17) is 18.9 Å². The van der Waals surface area contributed by atoms with Crippen molar-refractivity contribution in [1.29, 1.82) is 0 Å². The summed E-state index contributed by atoms with van der Waals surface area (Å²) >= 11 is 0. The quantitative estimate of drug-likeness (QED) is 0.0787. The minimum atomic E-state index is -0.677. The first-order valence-corrected chi connectivity index (χ1v) is 18.9. The number of ketones is 3. The van der Waals surface area contributed by atoms with E-state index in [0.29, 0.717) is 52.4 Å². The molecule has 3 N–H and O–H groups in total. The van der Waals surface area contributed by atoms with E-state index in [1.165, 1.54) is 14.0 Å². The molecular weight excluding hydrogens is 770 g/mol. The smallest absolute Gasteiger partial charge is 1.00 e. The monoisotopic (exact) mass is 821 g/mol. The maximum atomic E-state index is 13.0. The summed E-state index contributed by atoms with van der Waals surface area (Å²) in [5.41, 5.74) is 7.23. The van der Waals surface area contributed by atoms with Crippen LogP contribution in [-0.4, -0.2) is 79.7 Å². The summed E-state index contributed by atoms with van der Waals surface area (Å²) in [4.78, 5) is 37.7. The SMILES string of the molecule is COc1cccc([C@@H](C)CC(=O)c2ccc(-c3cn[nH]c3C(C)=O)cc2OC)c1.COc1cccc([C@@H](C)CC(=O)c2ccc(-c3cn[nH]c3C(C)O)cc2OC)c1.[B].[H-].[Na+]. The summed E-state index contributed by atoms with van der Waals surface area (Å²) < 4.78 is 21.5. The van der Waals surface area contributed by atoms with Crippen LogP contribution in [0.4, 0.5) is 0 Å². The van der Waals surface area contributed by atoms with Gasteiger partial charge in [0.15, 0.2) is 17.3 Å². The first-order chi connectivity index (χ1) is 27.9. The van der Waals surface area contributed by atoms with E-state index >= 15 is 0 Å². The number of carbonyl (C=O) groups excluding carboxylic acids is 3. The van der Waals surface area contributed by atoms with Crippen LogP contribution in [-0.2, 0) is 0 Å². The second-order valence-corrected chi connectivity index (χ2v) is 14.0. The maximum absolute atomic E-state index is 13.0. The van der Waals surface area contributed by atoms with Gasteiger partial charge < -0.3 is 25.5 Å². The number of methoxy groups -OCH3 is 4. The second kappa shape index (κ2) is 22.8. The predicted octanol–water partition coefficient (Wildman–Crippen LogP) is 5.93. The van der Waals surface area contributed by atoms with Crippen molar-refractivity contribution in [2.24, 2.45) is 0 Å². The minimum absolute atomic E-state index is 0. The first kappa shape index (κ1) is 48.9. The van der Waals surface area contributed by atoms with Gasteiger partial charge in [-0.1, -0.05) is 50.2 Å². The first-order valence-electron chi connectivity index (χ1n) is 18.9. The maximum Gasteiger partial charge on any atom is 1.00 e. The van der Waals surface area contributed by atoms with Crippen molar-refractivity contribution >= 4 is 25.8 Å². The molecular formula is C46H51BN4NaO8. The zero-order valence-corrected chi connectivity index (χ0v) is 37.7. The number of nitrogens with zero attached hydrogens (tertiary/aromatic N) is 2. The summed E-state index contributed by atoms with van der Waals surface area (Å²) in [5.74, 6) is 2.47. The van der Waals surface area contributed by atoms with Crippen molar-refractivity contribution in [2.45, 2.75) is 58.5 Å². The number of ether oxygens (including phenoxy) is 4. The van der Waals surface area contributed by atoms with Crippen LogP contribution in [0.1, 0.15) is 108 Å². The number of nitrogens with one attached hydrogen (secondary N) is 2. The van der Waals surface area contributed by atoms with Crippen molar-refractivity contribution in [3.8, 4) is 45.3 Å². The van der Waals surface area contributed by atoms with Crippen LogP contribution in [0.25, 0.3) is 22.3 Å². The number of aliphatic hydroxyl groups excluding tert-OH is 1. The molecule has 0 saturated carbocycles. The Labute approximate surface area is 376 Å². The minimum Gasteiger partial charge on any atom is -1.00 e. The number of hydrogen-bond acceptors (Lipinski definition) is 10. The summed E-state index contributed by atoms with van der Waals surface area (Å²) in [5, 5.41) is 23.4. The van der Waals surface area contributed by atoms with Crippen molar-refractivity contribution < 1.29 is 69.4 Å². The van der Waals surface area contributed by atoms with Crippen LogP contribution >= 0.6 is 0 Å². The molecule has 0 bridgehead atoms. The molecule has 60 heavy (non-hydrogen) atoms. The molecule has 6 rings (SSSR count). The molecule has 0 fully saturated rings. The van der Waals surface area contributed by atoms with Crippen LogP contribution < -0.4 is 48.5 Å². The third kappa shape index (κ3) is 11.8. The largest absolute Gasteiger partial charge is 1.00 e. The van der Waals surface area contributed by atoms with E-state index in [2.05, 4.69) is 20.4 Å². The molecule has 0 aliphatic rings. The van der Waals surface area contributed by atoms with Gasteiger partial charge in [-0.25, -0.2) is 0 Å². The molecule has 0 saturated heterocycles. The molecule has 307 valence electrons. The Morgan fingerprint density at radius 1 is 0.650 bits per heavy atom. The standard InChI is InChI=1S/C23H26N2O4.C23H24N2O4.B.Na.H/c2*1-14(16-6-5-7-18(11-16)28-3)10-21(27)19-9-8-17(12-22(19)29-4)20-13-24-25-23(20)15(2)26;;;/h5-9,11-15,26H,10H2,1-4H3,(H,24,25);5-9,11-14H,10H2,1-4H3,(H,24,25);;;/q;;;+1;-1/t14-,15?;14-;;;/m00.../s1. The molecule has 0 spiro atoms. The molecule has 3 atom stereocenters. The fraction of sp³-hybridized carbons (Fsp3) is 0.283. The molecule has 4 aromatic carbocycles. The second-order valence-electron chi connectivity index (χ2n) is 14.0. The average molecular weight is 822 g/mol. The van der Waals surface area contributed by atoms with Crippen LogP contribution in [0.3, 0.4) is 0 Å². The number of carbonyl (C=O) groups is 3. The van der Waals surface area contributed by atoms with Crippen molar-refractivity contribution in [3.05, 3.63) is 131 Å². The molecule has 0 amide bonds. The van der Waals surface area contributed by atoms with Gasteiger partial charge in [0.1, 0.15) is 28.7 Å². The number of benzene rings is 4. The van der Waals surface area contributed by atoms with Crippen molar-refractivity contribution in [1.82, 2.24) is 20.4 Å². The number of hydrogen-bond donors (Lipinski definition) is 3. The average Bonchev–Trinajstić information content (AvgIpc) is 3.95. The molecule has 2 heterocycles. The van der Waals surface area contributed by atoms with E-state index < -0.39 is 6.10 Å². The fourth-order valence-electron chi connectivity index (χ4n) is 6.70. The van der Waals surface area contributed by atoms with Gasteiger partial charge in [-0.15, -0.1) is 0 Å². The summed E-state index contributed by atoms with van der Waals surface area (Å²) in [6.07, 6.45) is 3.27. The zero-order valence-electron chi connectivity index (χ0n) is 36.7. The summed E-state index contributed by atoms with van der Waals surface area (Å²) in [6.45, 7) is 7.18. The van der Waals surface area contributed by atoms with E-state index in [0.717, 1.165) is 39.3 Å². The number of Topliss-reactive ketones (excluding diaryl/α,β-unsaturated/α-hetero) is 3. The topological polar surface area (TPSA) is 166 Å². The number of aliphatic hydroxyl groups is 1. The molecule has 6 aromatic rings. The van der Waals surface area contributed by atoms with Gasteiger partial charge >= 0.3 is 29.6 Å².